The van der Waals surface area contributed by atoms with Crippen LogP contribution < -0.4 is 5.73 Å². The van der Waals surface area contributed by atoms with Gasteiger partial charge in [0.05, 0.1) is 6.54 Å². The summed E-state index contributed by atoms with van der Waals surface area (Å²) in [5.41, 5.74) is 5.05. The molecule has 1 rings (SSSR count). The average Bonchev–Trinajstić information content (AvgIpc) is 2.03. The number of halogens is 4. The summed E-state index contributed by atoms with van der Waals surface area (Å²) in [6.07, 6.45) is 0. The van der Waals surface area contributed by atoms with Crippen molar-refractivity contribution in [2.24, 2.45) is 0 Å². The Hall–Kier alpha value is -1.04. The SMILES string of the molecule is F[B-](F)(F)F.[NH3+]Cc1ccccc1. The summed E-state index contributed by atoms with van der Waals surface area (Å²) in [7, 11) is -6.00. The molecule has 0 aliphatic carbocycles. The largest absolute Gasteiger partial charge is 0.673 e. The minimum Gasteiger partial charge on any atom is -0.418 e. The van der Waals surface area contributed by atoms with Crippen molar-refractivity contribution in [3.8, 4) is 0 Å². The van der Waals surface area contributed by atoms with Gasteiger partial charge in [-0.15, -0.1) is 0 Å². The highest BCUT2D eigenvalue weighted by Crippen LogP contribution is 2.06. The predicted octanol–water partition coefficient (Wildman–Crippen LogP) is 1.73. The summed E-state index contributed by atoms with van der Waals surface area (Å²) < 4.78 is 39.0. The van der Waals surface area contributed by atoms with Crippen LogP contribution in [0.2, 0.25) is 0 Å². The molecule has 0 heterocycles. The van der Waals surface area contributed by atoms with Crippen LogP contribution in [-0.4, -0.2) is 7.25 Å². The van der Waals surface area contributed by atoms with Crippen LogP contribution in [0.15, 0.2) is 30.3 Å². The van der Waals surface area contributed by atoms with Crippen LogP contribution in [0.25, 0.3) is 0 Å². The van der Waals surface area contributed by atoms with E-state index >= 15 is 0 Å². The molecule has 0 aliphatic rings. The molecule has 1 nitrogen and oxygen atoms in total. The maximum absolute atomic E-state index is 9.75. The van der Waals surface area contributed by atoms with Gasteiger partial charge in [-0.05, 0) is 0 Å². The van der Waals surface area contributed by atoms with E-state index in [-0.39, 0.29) is 0 Å². The smallest absolute Gasteiger partial charge is 0.418 e. The van der Waals surface area contributed by atoms with Crippen molar-refractivity contribution < 1.29 is 23.0 Å². The first-order valence-electron chi connectivity index (χ1n) is 3.64. The second kappa shape index (κ2) is 5.58. The first kappa shape index (κ1) is 12.0. The first-order valence-corrected chi connectivity index (χ1v) is 3.64. The Labute approximate surface area is 73.7 Å². The van der Waals surface area contributed by atoms with Gasteiger partial charge in [0.25, 0.3) is 0 Å². The summed E-state index contributed by atoms with van der Waals surface area (Å²) in [6, 6.07) is 10.2. The molecule has 0 fully saturated rings. The Morgan fingerprint density at radius 3 is 1.62 bits per heavy atom. The monoisotopic (exact) mass is 195 g/mol. The van der Waals surface area contributed by atoms with Crippen LogP contribution in [0.4, 0.5) is 17.3 Å². The molecule has 0 aromatic heterocycles. The van der Waals surface area contributed by atoms with Crippen LogP contribution in [0, 0.1) is 0 Å². The molecular weight excluding hydrogens is 185 g/mol. The fourth-order valence-corrected chi connectivity index (χ4v) is 0.645. The quantitative estimate of drug-likeness (QED) is 0.522. The molecule has 0 radical (unpaired) electrons. The average molecular weight is 195 g/mol. The predicted molar refractivity (Wildman–Crippen MR) is 43.2 cm³/mol. The molecular formula is C7H10BF4N. The number of hydrogen-bond acceptors (Lipinski definition) is 0. The van der Waals surface area contributed by atoms with Crippen LogP contribution in [0.5, 0.6) is 0 Å². The molecule has 1 aromatic rings. The van der Waals surface area contributed by atoms with Gasteiger partial charge in [0, 0.05) is 5.56 Å². The first-order chi connectivity index (χ1) is 5.93. The molecule has 1 aromatic carbocycles. The lowest BCUT2D eigenvalue weighted by Gasteiger charge is -1.94. The van der Waals surface area contributed by atoms with Gasteiger partial charge in [0.15, 0.2) is 0 Å². The third kappa shape index (κ3) is 11.0. The van der Waals surface area contributed by atoms with Crippen LogP contribution in [0.3, 0.4) is 0 Å². The van der Waals surface area contributed by atoms with Gasteiger partial charge < -0.3 is 23.0 Å². The third-order valence-corrected chi connectivity index (χ3v) is 1.13. The van der Waals surface area contributed by atoms with Crippen molar-refractivity contribution in [1.29, 1.82) is 0 Å². The van der Waals surface area contributed by atoms with Crippen molar-refractivity contribution in [3.63, 3.8) is 0 Å². The van der Waals surface area contributed by atoms with Crippen LogP contribution in [0.1, 0.15) is 5.56 Å². The Kier molecular flexibility index (Phi) is 5.14. The zero-order valence-corrected chi connectivity index (χ0v) is 6.89. The molecule has 0 saturated heterocycles. The summed E-state index contributed by atoms with van der Waals surface area (Å²) in [5, 5.41) is 0. The molecule has 0 aliphatic heterocycles. The Balaban J connectivity index is 0.000000252. The molecule has 3 N–H and O–H groups in total. The van der Waals surface area contributed by atoms with Gasteiger partial charge in [-0.2, -0.15) is 0 Å². The second-order valence-electron chi connectivity index (χ2n) is 2.23. The summed E-state index contributed by atoms with van der Waals surface area (Å²) in [4.78, 5) is 0. The van der Waals surface area contributed by atoms with Crippen molar-refractivity contribution in [2.45, 2.75) is 6.54 Å². The van der Waals surface area contributed by atoms with Gasteiger partial charge in [0.2, 0.25) is 0 Å². The van der Waals surface area contributed by atoms with Gasteiger partial charge >= 0.3 is 7.25 Å². The van der Waals surface area contributed by atoms with E-state index in [9.17, 15) is 17.3 Å². The van der Waals surface area contributed by atoms with E-state index in [1.54, 1.807) is 0 Å². The van der Waals surface area contributed by atoms with E-state index in [1.165, 1.54) is 5.56 Å². The lowest BCUT2D eigenvalue weighted by Crippen LogP contribution is -2.47. The fraction of sp³-hybridized carbons (Fsp3) is 0.143. The van der Waals surface area contributed by atoms with Crippen LogP contribution in [-0.2, 0) is 6.54 Å². The fourth-order valence-electron chi connectivity index (χ4n) is 0.645. The van der Waals surface area contributed by atoms with E-state index < -0.39 is 7.25 Å². The molecule has 0 amide bonds. The van der Waals surface area contributed by atoms with E-state index in [4.69, 9.17) is 0 Å². The molecule has 13 heavy (non-hydrogen) atoms. The maximum Gasteiger partial charge on any atom is 0.673 e. The number of quaternary nitrogens is 1. The minimum absolute atomic E-state index is 0.890. The highest BCUT2D eigenvalue weighted by atomic mass is 19.5. The van der Waals surface area contributed by atoms with Gasteiger partial charge in [-0.25, -0.2) is 0 Å². The highest BCUT2D eigenvalue weighted by Gasteiger charge is 2.20. The third-order valence-electron chi connectivity index (χ3n) is 1.13. The molecule has 0 spiro atoms. The molecule has 0 unspecified atom stereocenters. The normalized spacial score (nSPS) is 10.2. The van der Waals surface area contributed by atoms with E-state index in [0.717, 1.165) is 6.54 Å². The van der Waals surface area contributed by atoms with Crippen molar-refractivity contribution >= 4 is 7.25 Å². The second-order valence-corrected chi connectivity index (χ2v) is 2.23. The Morgan fingerprint density at radius 2 is 1.38 bits per heavy atom. The molecule has 74 valence electrons. The summed E-state index contributed by atoms with van der Waals surface area (Å²) >= 11 is 0. The van der Waals surface area contributed by atoms with Crippen molar-refractivity contribution in [1.82, 2.24) is 0 Å². The van der Waals surface area contributed by atoms with Gasteiger partial charge in [-0.3, -0.25) is 0 Å². The van der Waals surface area contributed by atoms with Crippen LogP contribution >= 0.6 is 0 Å². The summed E-state index contributed by atoms with van der Waals surface area (Å²) in [5.74, 6) is 0. The number of rotatable bonds is 1. The van der Waals surface area contributed by atoms with E-state index in [2.05, 4.69) is 17.9 Å². The lowest BCUT2D eigenvalue weighted by atomic mass is 10.2. The molecule has 0 bridgehead atoms. The number of hydrogen-bond donors (Lipinski definition) is 1. The topological polar surface area (TPSA) is 27.6 Å². The lowest BCUT2D eigenvalue weighted by molar-refractivity contribution is -0.386. The van der Waals surface area contributed by atoms with Crippen molar-refractivity contribution in [2.75, 3.05) is 0 Å². The zero-order valence-electron chi connectivity index (χ0n) is 6.89. The maximum atomic E-state index is 9.75. The van der Waals surface area contributed by atoms with Crippen molar-refractivity contribution in [3.05, 3.63) is 35.9 Å². The number of benzene rings is 1. The Bertz CT molecular complexity index is 218. The zero-order chi connectivity index (χ0) is 10.3. The molecule has 0 saturated carbocycles. The van der Waals surface area contributed by atoms with Gasteiger partial charge in [0.1, 0.15) is 0 Å². The van der Waals surface area contributed by atoms with Gasteiger partial charge in [-0.1, -0.05) is 30.3 Å². The standard InChI is InChI=1S/C7H9N.BF4/c8-6-7-4-2-1-3-5-7;2-1(3,4)5/h1-5H,6,8H2;/q;-1/p+1. The Morgan fingerprint density at radius 1 is 1.00 bits per heavy atom. The summed E-state index contributed by atoms with van der Waals surface area (Å²) in [6.45, 7) is 0.890. The minimum atomic E-state index is -6.00. The van der Waals surface area contributed by atoms with E-state index in [1.807, 2.05) is 18.2 Å². The molecule has 6 heteroatoms. The van der Waals surface area contributed by atoms with E-state index in [0.29, 0.717) is 0 Å². The molecule has 0 atom stereocenters. The highest BCUT2D eigenvalue weighted by molar-refractivity contribution is 6.50.